The lowest BCUT2D eigenvalue weighted by Gasteiger charge is -2.11. The number of carbonyl (C=O) groups is 1. The van der Waals surface area contributed by atoms with Gasteiger partial charge >= 0.3 is 0 Å². The molecule has 0 spiro atoms. The van der Waals surface area contributed by atoms with Crippen LogP contribution >= 0.6 is 31.9 Å². The summed E-state index contributed by atoms with van der Waals surface area (Å²) >= 11 is 6.55. The Morgan fingerprint density at radius 3 is 2.40 bits per heavy atom. The molecule has 1 rings (SSSR count). The summed E-state index contributed by atoms with van der Waals surface area (Å²) in [6.45, 7) is 1.65. The maximum absolute atomic E-state index is 10.6. The van der Waals surface area contributed by atoms with Gasteiger partial charge in [-0.3, -0.25) is 4.79 Å². The first-order valence-corrected chi connectivity index (χ1v) is 5.67. The van der Waals surface area contributed by atoms with E-state index < -0.39 is 6.10 Å². The molecule has 0 amide bonds. The van der Waals surface area contributed by atoms with E-state index in [2.05, 4.69) is 31.9 Å². The van der Waals surface area contributed by atoms with Gasteiger partial charge in [-0.05, 0) is 50.9 Å². The van der Waals surface area contributed by atoms with Crippen molar-refractivity contribution >= 4 is 38.1 Å². The molecular weight excluding hydrogens is 326 g/mol. The average Bonchev–Trinajstić information content (AvgIpc) is 2.22. The number of aldehydes is 1. The molecule has 5 heteroatoms. The molecule has 1 atom stereocenters. The maximum atomic E-state index is 10.6. The third-order valence-corrected chi connectivity index (χ3v) is 2.81. The molecule has 1 aromatic carbocycles. The lowest BCUT2D eigenvalue weighted by molar-refractivity contribution is 0.112. The van der Waals surface area contributed by atoms with Gasteiger partial charge in [-0.1, -0.05) is 0 Å². The van der Waals surface area contributed by atoms with Gasteiger partial charge in [-0.25, -0.2) is 0 Å². The van der Waals surface area contributed by atoms with Crippen molar-refractivity contribution in [3.8, 4) is 11.8 Å². The molecule has 0 saturated heterocycles. The summed E-state index contributed by atoms with van der Waals surface area (Å²) in [5, 5.41) is 8.62. The number of hydrogen-bond acceptors (Lipinski definition) is 3. The molecule has 3 nitrogen and oxygen atoms in total. The molecule has 0 heterocycles. The summed E-state index contributed by atoms with van der Waals surface area (Å²) in [4.78, 5) is 10.6. The summed E-state index contributed by atoms with van der Waals surface area (Å²) in [5.41, 5.74) is 0.533. The van der Waals surface area contributed by atoms with Gasteiger partial charge in [0.1, 0.15) is 18.1 Å². The summed E-state index contributed by atoms with van der Waals surface area (Å²) < 4.78 is 6.63. The highest BCUT2D eigenvalue weighted by molar-refractivity contribution is 9.11. The van der Waals surface area contributed by atoms with Crippen LogP contribution in [-0.2, 0) is 0 Å². The molecule has 0 aliphatic rings. The number of hydrogen-bond donors (Lipinski definition) is 0. The van der Waals surface area contributed by atoms with Gasteiger partial charge in [0.15, 0.2) is 6.10 Å². The highest BCUT2D eigenvalue weighted by Gasteiger charge is 2.11. The third kappa shape index (κ3) is 3.05. The van der Waals surface area contributed by atoms with E-state index in [9.17, 15) is 4.79 Å². The lowest BCUT2D eigenvalue weighted by Crippen LogP contribution is -2.09. The fourth-order valence-corrected chi connectivity index (χ4v) is 2.37. The van der Waals surface area contributed by atoms with Crippen molar-refractivity contribution in [3.05, 3.63) is 26.6 Å². The van der Waals surface area contributed by atoms with Crippen molar-refractivity contribution < 1.29 is 9.53 Å². The predicted molar refractivity (Wildman–Crippen MR) is 62.9 cm³/mol. The zero-order valence-corrected chi connectivity index (χ0v) is 11.0. The molecule has 15 heavy (non-hydrogen) atoms. The van der Waals surface area contributed by atoms with Crippen LogP contribution in [0.3, 0.4) is 0 Å². The molecule has 0 saturated carbocycles. The van der Waals surface area contributed by atoms with Crippen molar-refractivity contribution in [2.24, 2.45) is 0 Å². The number of ether oxygens (including phenoxy) is 1. The first-order valence-electron chi connectivity index (χ1n) is 4.09. The average molecular weight is 333 g/mol. The smallest absolute Gasteiger partial charge is 0.181 e. The van der Waals surface area contributed by atoms with Gasteiger partial charge in [0.2, 0.25) is 0 Å². The van der Waals surface area contributed by atoms with Crippen molar-refractivity contribution in [1.29, 1.82) is 5.26 Å². The SMILES string of the molecule is CC(C#N)Oc1c(Br)cc(C=O)cc1Br. The first-order chi connectivity index (χ1) is 7.08. The van der Waals surface area contributed by atoms with Gasteiger partial charge in [0, 0.05) is 5.56 Å². The zero-order valence-electron chi connectivity index (χ0n) is 7.83. The summed E-state index contributed by atoms with van der Waals surface area (Å²) in [6.07, 6.45) is 0.201. The van der Waals surface area contributed by atoms with Gasteiger partial charge in [-0.15, -0.1) is 0 Å². The second kappa shape index (κ2) is 5.29. The quantitative estimate of drug-likeness (QED) is 0.798. The predicted octanol–water partition coefficient (Wildman–Crippen LogP) is 3.31. The number of nitrogens with zero attached hydrogens (tertiary/aromatic N) is 1. The third-order valence-electron chi connectivity index (χ3n) is 1.63. The second-order valence-corrected chi connectivity index (χ2v) is 4.53. The van der Waals surface area contributed by atoms with Crippen LogP contribution in [0.15, 0.2) is 21.1 Å². The zero-order chi connectivity index (χ0) is 11.4. The van der Waals surface area contributed by atoms with Gasteiger partial charge < -0.3 is 4.74 Å². The number of rotatable bonds is 3. The van der Waals surface area contributed by atoms with E-state index in [4.69, 9.17) is 10.00 Å². The number of benzene rings is 1. The molecule has 1 aromatic rings. The Bertz CT molecular complexity index is 403. The monoisotopic (exact) mass is 331 g/mol. The number of nitriles is 1. The maximum Gasteiger partial charge on any atom is 0.181 e. The minimum absolute atomic E-state index is 0.523. The Kier molecular flexibility index (Phi) is 4.30. The minimum Gasteiger partial charge on any atom is -0.474 e. The Labute approximate surface area is 104 Å². The highest BCUT2D eigenvalue weighted by atomic mass is 79.9. The molecule has 0 bridgehead atoms. The lowest BCUT2D eigenvalue weighted by atomic mass is 10.2. The molecular formula is C10H7Br2NO2. The van der Waals surface area contributed by atoms with Crippen LogP contribution in [0.5, 0.6) is 5.75 Å². The van der Waals surface area contributed by atoms with Crippen molar-refractivity contribution in [2.45, 2.75) is 13.0 Å². The van der Waals surface area contributed by atoms with E-state index in [1.165, 1.54) is 0 Å². The molecule has 0 aliphatic heterocycles. The van der Waals surface area contributed by atoms with E-state index in [0.29, 0.717) is 20.3 Å². The summed E-state index contributed by atoms with van der Waals surface area (Å²) in [7, 11) is 0. The van der Waals surface area contributed by atoms with Crippen LogP contribution in [0, 0.1) is 11.3 Å². The van der Waals surface area contributed by atoms with E-state index in [0.717, 1.165) is 6.29 Å². The van der Waals surface area contributed by atoms with Gasteiger partial charge in [0.25, 0.3) is 0 Å². The standard InChI is InChI=1S/C10H7Br2NO2/c1-6(4-13)15-10-8(11)2-7(5-14)3-9(10)12/h2-3,5-6H,1H3. The van der Waals surface area contributed by atoms with Crippen molar-refractivity contribution in [2.75, 3.05) is 0 Å². The normalized spacial score (nSPS) is 11.6. The van der Waals surface area contributed by atoms with Crippen LogP contribution in [0.2, 0.25) is 0 Å². The van der Waals surface area contributed by atoms with E-state index >= 15 is 0 Å². The van der Waals surface area contributed by atoms with E-state index in [1.54, 1.807) is 19.1 Å². The molecule has 0 aromatic heterocycles. The van der Waals surface area contributed by atoms with Crippen molar-refractivity contribution in [1.82, 2.24) is 0 Å². The molecule has 0 radical (unpaired) electrons. The first kappa shape index (κ1) is 12.2. The van der Waals surface area contributed by atoms with Crippen molar-refractivity contribution in [3.63, 3.8) is 0 Å². The number of carbonyl (C=O) groups excluding carboxylic acids is 1. The Hall–Kier alpha value is -0.860. The van der Waals surface area contributed by atoms with Gasteiger partial charge in [-0.2, -0.15) is 5.26 Å². The summed E-state index contributed by atoms with van der Waals surface area (Å²) in [6, 6.07) is 5.24. The van der Waals surface area contributed by atoms with Crippen LogP contribution < -0.4 is 4.74 Å². The number of halogens is 2. The van der Waals surface area contributed by atoms with Gasteiger partial charge in [0.05, 0.1) is 8.95 Å². The Morgan fingerprint density at radius 1 is 1.47 bits per heavy atom. The van der Waals surface area contributed by atoms with E-state index in [-0.39, 0.29) is 0 Å². The Balaban J connectivity index is 3.09. The molecule has 0 aliphatic carbocycles. The highest BCUT2D eigenvalue weighted by Crippen LogP contribution is 2.34. The molecule has 78 valence electrons. The molecule has 0 fully saturated rings. The van der Waals surface area contributed by atoms with Crippen LogP contribution in [0.4, 0.5) is 0 Å². The van der Waals surface area contributed by atoms with Crippen LogP contribution in [0.25, 0.3) is 0 Å². The van der Waals surface area contributed by atoms with E-state index in [1.807, 2.05) is 6.07 Å². The second-order valence-electron chi connectivity index (χ2n) is 2.82. The van der Waals surface area contributed by atoms with Crippen LogP contribution in [-0.4, -0.2) is 12.4 Å². The fourth-order valence-electron chi connectivity index (χ4n) is 0.963. The largest absolute Gasteiger partial charge is 0.474 e. The van der Waals surface area contributed by atoms with Crippen LogP contribution in [0.1, 0.15) is 17.3 Å². The topological polar surface area (TPSA) is 50.1 Å². The Morgan fingerprint density at radius 2 is 2.00 bits per heavy atom. The molecule has 0 N–H and O–H groups in total. The minimum atomic E-state index is -0.542. The molecule has 1 unspecified atom stereocenters. The summed E-state index contributed by atoms with van der Waals surface area (Å²) in [5.74, 6) is 0.523. The fraction of sp³-hybridized carbons (Fsp3) is 0.200.